The van der Waals surface area contributed by atoms with Crippen LogP contribution in [0.4, 0.5) is 0 Å². The molecule has 4 heteroatoms. The van der Waals surface area contributed by atoms with E-state index < -0.39 is 0 Å². The van der Waals surface area contributed by atoms with E-state index in [4.69, 9.17) is 5.26 Å². The number of aryl methyl sites for hydroxylation is 1. The largest absolute Gasteiger partial charge is 0.245 e. The fraction of sp³-hybridized carbons (Fsp3) is 0.556. The summed E-state index contributed by atoms with van der Waals surface area (Å²) in [6, 6.07) is 2.16. The van der Waals surface area contributed by atoms with Crippen molar-refractivity contribution in [2.75, 3.05) is 5.75 Å². The van der Waals surface area contributed by atoms with Crippen LogP contribution in [0.1, 0.15) is 22.5 Å². The number of aromatic nitrogens is 1. The van der Waals surface area contributed by atoms with E-state index in [1.165, 1.54) is 0 Å². The first-order chi connectivity index (χ1) is 6.27. The molecule has 0 aliphatic rings. The van der Waals surface area contributed by atoms with Crippen LogP contribution in [0.15, 0.2) is 0 Å². The Kier molecular flexibility index (Phi) is 4.26. The molecule has 0 spiro atoms. The molecule has 0 unspecified atom stereocenters. The summed E-state index contributed by atoms with van der Waals surface area (Å²) >= 11 is 3.54. The van der Waals surface area contributed by atoms with Gasteiger partial charge in [0, 0.05) is 10.6 Å². The second-order valence-corrected chi connectivity index (χ2v) is 5.03. The van der Waals surface area contributed by atoms with Crippen molar-refractivity contribution >= 4 is 23.1 Å². The first-order valence-corrected chi connectivity index (χ1v) is 6.15. The summed E-state index contributed by atoms with van der Waals surface area (Å²) in [5.41, 5.74) is 1.03. The predicted molar refractivity (Wildman–Crippen MR) is 58.0 cm³/mol. The number of thiazole rings is 1. The summed E-state index contributed by atoms with van der Waals surface area (Å²) in [5.74, 6) is 2.10. The molecule has 1 heterocycles. The Balaban J connectivity index is 2.66. The van der Waals surface area contributed by atoms with Crippen molar-refractivity contribution in [2.24, 2.45) is 0 Å². The van der Waals surface area contributed by atoms with Crippen LogP contribution in [0.2, 0.25) is 0 Å². The molecule has 1 aromatic rings. The van der Waals surface area contributed by atoms with E-state index in [0.717, 1.165) is 27.1 Å². The highest BCUT2D eigenvalue weighted by atomic mass is 32.2. The molecule has 1 aromatic heterocycles. The topological polar surface area (TPSA) is 36.7 Å². The minimum atomic E-state index is 0.500. The number of rotatable bonds is 4. The maximum absolute atomic E-state index is 8.55. The molecule has 13 heavy (non-hydrogen) atoms. The zero-order chi connectivity index (χ0) is 9.68. The summed E-state index contributed by atoms with van der Waals surface area (Å²) in [5, 5.41) is 9.70. The highest BCUT2D eigenvalue weighted by molar-refractivity contribution is 7.98. The summed E-state index contributed by atoms with van der Waals surface area (Å²) in [7, 11) is 0. The third kappa shape index (κ3) is 3.02. The monoisotopic (exact) mass is 212 g/mol. The van der Waals surface area contributed by atoms with Gasteiger partial charge in [-0.25, -0.2) is 4.98 Å². The van der Waals surface area contributed by atoms with Gasteiger partial charge in [0.1, 0.15) is 5.01 Å². The van der Waals surface area contributed by atoms with Gasteiger partial charge >= 0.3 is 0 Å². The van der Waals surface area contributed by atoms with Crippen LogP contribution in [-0.4, -0.2) is 10.7 Å². The molecule has 0 atom stereocenters. The van der Waals surface area contributed by atoms with Crippen LogP contribution in [0, 0.1) is 18.3 Å². The predicted octanol–water partition coefficient (Wildman–Crippen LogP) is 2.77. The van der Waals surface area contributed by atoms with E-state index in [0.29, 0.717) is 6.42 Å². The minimum absolute atomic E-state index is 0.500. The number of nitriles is 1. The van der Waals surface area contributed by atoms with E-state index >= 15 is 0 Å². The first-order valence-electron chi connectivity index (χ1n) is 4.17. The van der Waals surface area contributed by atoms with Crippen molar-refractivity contribution < 1.29 is 0 Å². The lowest BCUT2D eigenvalue weighted by molar-refractivity contribution is 1.14. The van der Waals surface area contributed by atoms with Gasteiger partial charge in [-0.3, -0.25) is 0 Å². The molecule has 0 bridgehead atoms. The van der Waals surface area contributed by atoms with Gasteiger partial charge in [-0.2, -0.15) is 17.0 Å². The number of hydrogen-bond donors (Lipinski definition) is 0. The molecule has 0 aromatic carbocycles. The van der Waals surface area contributed by atoms with Gasteiger partial charge in [0.2, 0.25) is 0 Å². The van der Waals surface area contributed by atoms with E-state index in [9.17, 15) is 0 Å². The molecule has 0 N–H and O–H groups in total. The van der Waals surface area contributed by atoms with E-state index in [1.807, 2.05) is 18.7 Å². The third-order valence-electron chi connectivity index (χ3n) is 1.61. The van der Waals surface area contributed by atoms with Crippen molar-refractivity contribution in [1.82, 2.24) is 4.98 Å². The highest BCUT2D eigenvalue weighted by Crippen LogP contribution is 2.22. The van der Waals surface area contributed by atoms with Crippen molar-refractivity contribution in [2.45, 2.75) is 26.0 Å². The van der Waals surface area contributed by atoms with Gasteiger partial charge in [0.05, 0.1) is 18.2 Å². The van der Waals surface area contributed by atoms with Crippen LogP contribution in [0.25, 0.3) is 0 Å². The minimum Gasteiger partial charge on any atom is -0.245 e. The molecule has 0 radical (unpaired) electrons. The second kappa shape index (κ2) is 5.25. The zero-order valence-corrected chi connectivity index (χ0v) is 9.47. The lowest BCUT2D eigenvalue weighted by Gasteiger charge is -1.90. The van der Waals surface area contributed by atoms with Gasteiger partial charge < -0.3 is 0 Å². The normalized spacial score (nSPS) is 9.92. The third-order valence-corrected chi connectivity index (χ3v) is 3.83. The average Bonchev–Trinajstić information content (AvgIpc) is 2.45. The Morgan fingerprint density at radius 2 is 2.38 bits per heavy atom. The molecule has 0 saturated carbocycles. The molecule has 0 amide bonds. The summed E-state index contributed by atoms with van der Waals surface area (Å²) in [6.07, 6.45) is 0.500. The molecule has 0 aliphatic carbocycles. The smallest absolute Gasteiger partial charge is 0.103 e. The molecular weight excluding hydrogens is 200 g/mol. The Morgan fingerprint density at radius 3 is 3.00 bits per heavy atom. The van der Waals surface area contributed by atoms with Crippen LogP contribution >= 0.6 is 23.1 Å². The van der Waals surface area contributed by atoms with Gasteiger partial charge in [0.15, 0.2) is 0 Å². The molecule has 70 valence electrons. The average molecular weight is 212 g/mol. The standard InChI is InChI=1S/C9H12N2S2/c1-3-12-6-9-11-7(2)8(13-9)4-5-10/h3-4,6H2,1-2H3. The summed E-state index contributed by atoms with van der Waals surface area (Å²) in [6.45, 7) is 4.12. The molecule has 0 fully saturated rings. The Bertz CT molecular complexity index is 312. The van der Waals surface area contributed by atoms with Gasteiger partial charge in [-0.15, -0.1) is 11.3 Å². The quantitative estimate of drug-likeness (QED) is 0.770. The lowest BCUT2D eigenvalue weighted by Crippen LogP contribution is -1.81. The van der Waals surface area contributed by atoms with Crippen LogP contribution in [0.3, 0.4) is 0 Å². The number of nitrogens with zero attached hydrogens (tertiary/aromatic N) is 2. The fourth-order valence-electron chi connectivity index (χ4n) is 0.975. The molecule has 2 nitrogen and oxygen atoms in total. The first kappa shape index (κ1) is 10.6. The maximum Gasteiger partial charge on any atom is 0.103 e. The van der Waals surface area contributed by atoms with E-state index in [-0.39, 0.29) is 0 Å². The van der Waals surface area contributed by atoms with Gasteiger partial charge in [0.25, 0.3) is 0 Å². The Labute approximate surface area is 87.0 Å². The van der Waals surface area contributed by atoms with Crippen LogP contribution in [-0.2, 0) is 12.2 Å². The summed E-state index contributed by atoms with van der Waals surface area (Å²) in [4.78, 5) is 5.53. The Hall–Kier alpha value is -0.530. The van der Waals surface area contributed by atoms with Gasteiger partial charge in [-0.05, 0) is 12.7 Å². The van der Waals surface area contributed by atoms with E-state index in [1.54, 1.807) is 11.3 Å². The van der Waals surface area contributed by atoms with Gasteiger partial charge in [-0.1, -0.05) is 6.92 Å². The molecule has 0 saturated heterocycles. The SMILES string of the molecule is CCSCc1nc(C)c(CC#N)s1. The second-order valence-electron chi connectivity index (χ2n) is 2.59. The van der Waals surface area contributed by atoms with E-state index in [2.05, 4.69) is 18.0 Å². The summed E-state index contributed by atoms with van der Waals surface area (Å²) < 4.78 is 0. The zero-order valence-electron chi connectivity index (χ0n) is 7.83. The van der Waals surface area contributed by atoms with Crippen molar-refractivity contribution in [3.63, 3.8) is 0 Å². The van der Waals surface area contributed by atoms with Crippen molar-refractivity contribution in [1.29, 1.82) is 5.26 Å². The maximum atomic E-state index is 8.55. The Morgan fingerprint density at radius 1 is 1.62 bits per heavy atom. The number of hydrogen-bond acceptors (Lipinski definition) is 4. The van der Waals surface area contributed by atoms with Crippen LogP contribution < -0.4 is 0 Å². The van der Waals surface area contributed by atoms with Crippen molar-refractivity contribution in [3.05, 3.63) is 15.6 Å². The molecular formula is C9H12N2S2. The highest BCUT2D eigenvalue weighted by Gasteiger charge is 2.06. The van der Waals surface area contributed by atoms with Crippen molar-refractivity contribution in [3.8, 4) is 6.07 Å². The van der Waals surface area contributed by atoms with Crippen LogP contribution in [0.5, 0.6) is 0 Å². The fourth-order valence-corrected chi connectivity index (χ4v) is 2.70. The lowest BCUT2D eigenvalue weighted by atomic mass is 10.3. The molecule has 1 rings (SSSR count). The number of thioether (sulfide) groups is 1. The molecule has 0 aliphatic heterocycles.